The maximum absolute atomic E-state index is 7.26. The molecule has 1 N–H and O–H groups in total. The van der Waals surface area contributed by atoms with Crippen molar-refractivity contribution in [3.63, 3.8) is 0 Å². The molecular weight excluding hydrogens is 150 g/mol. The minimum Gasteiger partial charge on any atom is -0.491 e. The topological polar surface area (TPSA) is 33.0 Å². The van der Waals surface area contributed by atoms with E-state index < -0.39 is 0 Å². The smallest absolute Gasteiger partial charge is 0.119 e. The molecule has 0 bridgehead atoms. The van der Waals surface area contributed by atoms with Crippen LogP contribution in [0.4, 0.5) is 5.69 Å². The number of nitrogens with one attached hydrogen (secondary N) is 1. The predicted octanol–water partition coefficient (Wildman–Crippen LogP) is 2.78. The van der Waals surface area contributed by atoms with E-state index in [0.29, 0.717) is 5.69 Å². The van der Waals surface area contributed by atoms with E-state index in [1.807, 2.05) is 19.1 Å². The second-order valence-corrected chi connectivity index (χ2v) is 2.86. The van der Waals surface area contributed by atoms with Crippen molar-refractivity contribution >= 4 is 5.69 Å². The summed E-state index contributed by atoms with van der Waals surface area (Å²) in [7, 11) is 0. The highest BCUT2D eigenvalue weighted by atomic mass is 16.5. The Morgan fingerprint density at radius 2 is 1.92 bits per heavy atom. The summed E-state index contributed by atoms with van der Waals surface area (Å²) in [5, 5.41) is 0. The molecule has 1 unspecified atom stereocenters. The predicted molar refractivity (Wildman–Crippen MR) is 49.6 cm³/mol. The molecule has 65 valence electrons. The molecule has 1 radical (unpaired) electrons. The van der Waals surface area contributed by atoms with Crippen molar-refractivity contribution in [2.75, 3.05) is 0 Å². The molecule has 0 fully saturated rings. The van der Waals surface area contributed by atoms with Crippen LogP contribution in [0.25, 0.3) is 0 Å². The van der Waals surface area contributed by atoms with E-state index in [-0.39, 0.29) is 6.10 Å². The van der Waals surface area contributed by atoms with E-state index in [1.165, 1.54) is 0 Å². The monoisotopic (exact) mass is 164 g/mol. The molecular formula is C10H14NO. The molecule has 2 heteroatoms. The third-order valence-electron chi connectivity index (χ3n) is 1.77. The molecule has 12 heavy (non-hydrogen) atoms. The van der Waals surface area contributed by atoms with Gasteiger partial charge in [-0.1, -0.05) is 6.92 Å². The molecule has 0 spiro atoms. The van der Waals surface area contributed by atoms with Gasteiger partial charge in [0, 0.05) is 0 Å². The van der Waals surface area contributed by atoms with Gasteiger partial charge in [-0.05, 0) is 37.6 Å². The summed E-state index contributed by atoms with van der Waals surface area (Å²) in [5.74, 6) is 0.848. The Bertz CT molecular complexity index is 230. The Morgan fingerprint density at radius 3 is 2.42 bits per heavy atom. The molecule has 1 aromatic carbocycles. The molecule has 0 aliphatic heterocycles. The maximum Gasteiger partial charge on any atom is 0.119 e. The largest absolute Gasteiger partial charge is 0.491 e. The van der Waals surface area contributed by atoms with Gasteiger partial charge in [0.15, 0.2) is 0 Å². The van der Waals surface area contributed by atoms with Gasteiger partial charge in [-0.3, -0.25) is 0 Å². The third kappa shape index (κ3) is 2.46. The van der Waals surface area contributed by atoms with E-state index in [0.717, 1.165) is 12.2 Å². The summed E-state index contributed by atoms with van der Waals surface area (Å²) in [4.78, 5) is 0. The highest BCUT2D eigenvalue weighted by Gasteiger charge is 1.99. The number of hydrogen-bond acceptors (Lipinski definition) is 1. The fraction of sp³-hybridized carbons (Fsp3) is 0.400. The zero-order valence-electron chi connectivity index (χ0n) is 7.50. The number of ether oxygens (including phenoxy) is 1. The molecule has 0 aliphatic carbocycles. The molecule has 2 nitrogen and oxygen atoms in total. The zero-order valence-corrected chi connectivity index (χ0v) is 7.50. The van der Waals surface area contributed by atoms with Crippen molar-refractivity contribution in [2.24, 2.45) is 0 Å². The van der Waals surface area contributed by atoms with Crippen LogP contribution in [0.15, 0.2) is 24.3 Å². The fourth-order valence-electron chi connectivity index (χ4n) is 0.849. The first-order valence-electron chi connectivity index (χ1n) is 4.20. The van der Waals surface area contributed by atoms with Crippen molar-refractivity contribution in [1.82, 2.24) is 5.73 Å². The van der Waals surface area contributed by atoms with Crippen LogP contribution >= 0.6 is 0 Å². The molecule has 0 amide bonds. The van der Waals surface area contributed by atoms with E-state index in [1.54, 1.807) is 12.1 Å². The van der Waals surface area contributed by atoms with E-state index in [9.17, 15) is 0 Å². The summed E-state index contributed by atoms with van der Waals surface area (Å²) >= 11 is 0. The molecule has 0 saturated heterocycles. The first-order chi connectivity index (χ1) is 5.72. The Balaban J connectivity index is 2.58. The van der Waals surface area contributed by atoms with Gasteiger partial charge in [0.2, 0.25) is 0 Å². The van der Waals surface area contributed by atoms with Crippen LogP contribution in [0.3, 0.4) is 0 Å². The molecule has 1 atom stereocenters. The second-order valence-electron chi connectivity index (χ2n) is 2.86. The SMILES string of the molecule is CCC(C)Oc1ccc([NH])cc1. The van der Waals surface area contributed by atoms with Crippen molar-refractivity contribution in [2.45, 2.75) is 26.4 Å². The highest BCUT2D eigenvalue weighted by Crippen LogP contribution is 2.15. The molecule has 1 aromatic rings. The Kier molecular flexibility index (Phi) is 2.97. The first kappa shape index (κ1) is 8.91. The van der Waals surface area contributed by atoms with Crippen LogP contribution in [-0.4, -0.2) is 6.10 Å². The summed E-state index contributed by atoms with van der Waals surface area (Å²) < 4.78 is 5.54. The first-order valence-corrected chi connectivity index (χ1v) is 4.20. The van der Waals surface area contributed by atoms with Crippen molar-refractivity contribution in [1.29, 1.82) is 0 Å². The number of hydrogen-bond donors (Lipinski definition) is 0. The van der Waals surface area contributed by atoms with Gasteiger partial charge >= 0.3 is 0 Å². The fourth-order valence-corrected chi connectivity index (χ4v) is 0.849. The van der Waals surface area contributed by atoms with E-state index >= 15 is 0 Å². The average molecular weight is 164 g/mol. The van der Waals surface area contributed by atoms with Crippen LogP contribution in [-0.2, 0) is 0 Å². The number of rotatable bonds is 3. The van der Waals surface area contributed by atoms with E-state index in [2.05, 4.69) is 6.92 Å². The van der Waals surface area contributed by atoms with E-state index in [4.69, 9.17) is 10.5 Å². The van der Waals surface area contributed by atoms with Gasteiger partial charge in [-0.15, -0.1) is 0 Å². The lowest BCUT2D eigenvalue weighted by atomic mass is 10.3. The van der Waals surface area contributed by atoms with Crippen LogP contribution in [0.2, 0.25) is 0 Å². The highest BCUT2D eigenvalue weighted by molar-refractivity contribution is 5.38. The van der Waals surface area contributed by atoms with Gasteiger partial charge < -0.3 is 10.5 Å². The van der Waals surface area contributed by atoms with Gasteiger partial charge in [-0.2, -0.15) is 0 Å². The van der Waals surface area contributed by atoms with Crippen LogP contribution in [0, 0.1) is 0 Å². The molecule has 1 rings (SSSR count). The number of benzene rings is 1. The summed E-state index contributed by atoms with van der Waals surface area (Å²) in [6, 6.07) is 7.12. The maximum atomic E-state index is 7.26. The summed E-state index contributed by atoms with van der Waals surface area (Å²) in [6.07, 6.45) is 1.25. The summed E-state index contributed by atoms with van der Waals surface area (Å²) in [6.45, 7) is 4.12. The molecule has 0 aliphatic rings. The molecule has 0 aromatic heterocycles. The Morgan fingerprint density at radius 1 is 1.33 bits per heavy atom. The van der Waals surface area contributed by atoms with Crippen LogP contribution < -0.4 is 10.5 Å². The van der Waals surface area contributed by atoms with Crippen molar-refractivity contribution in [3.05, 3.63) is 24.3 Å². The van der Waals surface area contributed by atoms with Gasteiger partial charge in [0.25, 0.3) is 0 Å². The quantitative estimate of drug-likeness (QED) is 0.676. The third-order valence-corrected chi connectivity index (χ3v) is 1.77. The minimum atomic E-state index is 0.251. The lowest BCUT2D eigenvalue weighted by Gasteiger charge is -2.11. The van der Waals surface area contributed by atoms with Crippen molar-refractivity contribution < 1.29 is 4.74 Å². The van der Waals surface area contributed by atoms with Crippen LogP contribution in [0.5, 0.6) is 5.75 Å². The van der Waals surface area contributed by atoms with Gasteiger partial charge in [0.05, 0.1) is 11.8 Å². The second kappa shape index (κ2) is 4.00. The van der Waals surface area contributed by atoms with Gasteiger partial charge in [-0.25, -0.2) is 0 Å². The molecule has 0 heterocycles. The van der Waals surface area contributed by atoms with Crippen molar-refractivity contribution in [3.8, 4) is 5.75 Å². The normalized spacial score (nSPS) is 12.5. The van der Waals surface area contributed by atoms with Crippen LogP contribution in [0.1, 0.15) is 20.3 Å². The zero-order chi connectivity index (χ0) is 8.97. The lowest BCUT2D eigenvalue weighted by molar-refractivity contribution is 0.217. The standard InChI is InChI=1S/C10H14NO/c1-3-8(2)12-10-6-4-9(11)5-7-10/h4-8,11H,3H2,1-2H3. The van der Waals surface area contributed by atoms with Gasteiger partial charge in [0.1, 0.15) is 5.75 Å². The minimum absolute atomic E-state index is 0.251. The Labute approximate surface area is 73.3 Å². The Hall–Kier alpha value is -1.18. The summed E-state index contributed by atoms with van der Waals surface area (Å²) in [5.41, 5.74) is 7.78. The average Bonchev–Trinajstić information content (AvgIpc) is 2.09. The molecule has 0 saturated carbocycles. The lowest BCUT2D eigenvalue weighted by Crippen LogP contribution is -2.09.